The molecule has 96 valence electrons. The standard InChI is InChI=1S/C13H20BrNOS/c1-16-12(9-5-3-2-4-6-9)11(15)13-10(14)7-8-17-13/h7-9,11-12H,2-6,15H2,1H3. The number of halogens is 1. The van der Waals surface area contributed by atoms with E-state index in [2.05, 4.69) is 27.4 Å². The highest BCUT2D eigenvalue weighted by Crippen LogP contribution is 2.37. The first-order chi connectivity index (χ1) is 8.24. The molecular weight excluding hydrogens is 298 g/mol. The average molecular weight is 318 g/mol. The molecule has 0 aliphatic heterocycles. The summed E-state index contributed by atoms with van der Waals surface area (Å²) in [7, 11) is 1.79. The van der Waals surface area contributed by atoms with Crippen molar-refractivity contribution in [2.24, 2.45) is 11.7 Å². The van der Waals surface area contributed by atoms with Crippen LogP contribution in [0.5, 0.6) is 0 Å². The highest BCUT2D eigenvalue weighted by Gasteiger charge is 2.30. The van der Waals surface area contributed by atoms with E-state index in [9.17, 15) is 0 Å². The van der Waals surface area contributed by atoms with Crippen molar-refractivity contribution in [3.8, 4) is 0 Å². The first-order valence-electron chi connectivity index (χ1n) is 6.25. The van der Waals surface area contributed by atoms with E-state index in [-0.39, 0.29) is 12.1 Å². The van der Waals surface area contributed by atoms with Crippen LogP contribution in [0.25, 0.3) is 0 Å². The number of ether oxygens (including phenoxy) is 1. The molecule has 0 radical (unpaired) electrons. The van der Waals surface area contributed by atoms with Gasteiger partial charge < -0.3 is 10.5 Å². The molecule has 0 spiro atoms. The van der Waals surface area contributed by atoms with Gasteiger partial charge in [-0.3, -0.25) is 0 Å². The van der Waals surface area contributed by atoms with Gasteiger partial charge in [-0.05, 0) is 46.1 Å². The molecular formula is C13H20BrNOS. The van der Waals surface area contributed by atoms with Crippen molar-refractivity contribution < 1.29 is 4.74 Å². The van der Waals surface area contributed by atoms with Crippen LogP contribution in [-0.2, 0) is 4.74 Å². The maximum Gasteiger partial charge on any atom is 0.0800 e. The molecule has 17 heavy (non-hydrogen) atoms. The van der Waals surface area contributed by atoms with Gasteiger partial charge >= 0.3 is 0 Å². The largest absolute Gasteiger partial charge is 0.379 e. The van der Waals surface area contributed by atoms with Gasteiger partial charge in [0.25, 0.3) is 0 Å². The van der Waals surface area contributed by atoms with Crippen LogP contribution < -0.4 is 5.73 Å². The number of rotatable bonds is 4. The van der Waals surface area contributed by atoms with Crippen molar-refractivity contribution in [2.45, 2.75) is 44.2 Å². The van der Waals surface area contributed by atoms with E-state index in [0.29, 0.717) is 5.92 Å². The lowest BCUT2D eigenvalue weighted by molar-refractivity contribution is 0.0179. The molecule has 1 saturated carbocycles. The zero-order valence-corrected chi connectivity index (χ0v) is 12.6. The Hall–Kier alpha value is 0.100. The van der Waals surface area contributed by atoms with Gasteiger partial charge in [-0.15, -0.1) is 11.3 Å². The van der Waals surface area contributed by atoms with Gasteiger partial charge in [0.1, 0.15) is 0 Å². The quantitative estimate of drug-likeness (QED) is 0.907. The van der Waals surface area contributed by atoms with Crippen molar-refractivity contribution in [1.29, 1.82) is 0 Å². The van der Waals surface area contributed by atoms with E-state index in [1.807, 2.05) is 0 Å². The molecule has 1 aliphatic rings. The minimum absolute atomic E-state index is 0.00234. The van der Waals surface area contributed by atoms with E-state index < -0.39 is 0 Å². The fraction of sp³-hybridized carbons (Fsp3) is 0.692. The Kier molecular flexibility index (Phi) is 5.03. The smallest absolute Gasteiger partial charge is 0.0800 e. The fourth-order valence-electron chi connectivity index (χ4n) is 2.79. The third-order valence-corrected chi connectivity index (χ3v) is 5.66. The number of thiophene rings is 1. The molecule has 2 unspecified atom stereocenters. The van der Waals surface area contributed by atoms with Crippen LogP contribution in [-0.4, -0.2) is 13.2 Å². The second-order valence-corrected chi connectivity index (χ2v) is 6.56. The Bertz CT molecular complexity index is 349. The molecule has 1 heterocycles. The fourth-order valence-corrected chi connectivity index (χ4v) is 4.46. The van der Waals surface area contributed by atoms with Gasteiger partial charge in [0.05, 0.1) is 12.1 Å². The Balaban J connectivity index is 2.09. The topological polar surface area (TPSA) is 35.2 Å². The number of hydrogen-bond acceptors (Lipinski definition) is 3. The van der Waals surface area contributed by atoms with Crippen LogP contribution in [0.2, 0.25) is 0 Å². The normalized spacial score (nSPS) is 21.4. The van der Waals surface area contributed by atoms with Gasteiger partial charge in [0.15, 0.2) is 0 Å². The maximum absolute atomic E-state index is 6.38. The lowest BCUT2D eigenvalue weighted by atomic mass is 9.82. The van der Waals surface area contributed by atoms with Crippen molar-refractivity contribution in [1.82, 2.24) is 0 Å². The summed E-state index contributed by atoms with van der Waals surface area (Å²) < 4.78 is 6.81. The van der Waals surface area contributed by atoms with Crippen LogP contribution in [0, 0.1) is 5.92 Å². The third-order valence-electron chi connectivity index (χ3n) is 3.69. The van der Waals surface area contributed by atoms with E-state index in [4.69, 9.17) is 10.5 Å². The summed E-state index contributed by atoms with van der Waals surface area (Å²) in [5.41, 5.74) is 6.38. The average Bonchev–Trinajstić information content (AvgIpc) is 2.77. The summed E-state index contributed by atoms with van der Waals surface area (Å²) >= 11 is 5.28. The molecule has 1 aromatic rings. The van der Waals surface area contributed by atoms with E-state index in [1.165, 1.54) is 37.0 Å². The predicted octanol–water partition coefficient (Wildman–Crippen LogP) is 4.11. The minimum Gasteiger partial charge on any atom is -0.379 e. The first-order valence-corrected chi connectivity index (χ1v) is 7.92. The van der Waals surface area contributed by atoms with E-state index in [1.54, 1.807) is 18.4 Å². The predicted molar refractivity (Wildman–Crippen MR) is 76.3 cm³/mol. The molecule has 0 bridgehead atoms. The van der Waals surface area contributed by atoms with Gasteiger partial charge in [-0.1, -0.05) is 19.3 Å². The second-order valence-electron chi connectivity index (χ2n) is 4.76. The molecule has 0 saturated heterocycles. The van der Waals surface area contributed by atoms with Crippen molar-refractivity contribution in [2.75, 3.05) is 7.11 Å². The van der Waals surface area contributed by atoms with Crippen molar-refractivity contribution in [3.05, 3.63) is 20.8 Å². The summed E-state index contributed by atoms with van der Waals surface area (Å²) in [6, 6.07) is 2.06. The van der Waals surface area contributed by atoms with Crippen LogP contribution in [0.15, 0.2) is 15.9 Å². The molecule has 0 amide bonds. The third kappa shape index (κ3) is 3.11. The van der Waals surface area contributed by atoms with Crippen LogP contribution >= 0.6 is 27.3 Å². The van der Waals surface area contributed by atoms with Gasteiger partial charge in [0.2, 0.25) is 0 Å². The van der Waals surface area contributed by atoms with E-state index in [0.717, 1.165) is 4.47 Å². The van der Waals surface area contributed by atoms with Crippen molar-refractivity contribution >= 4 is 27.3 Å². The Morgan fingerprint density at radius 3 is 2.65 bits per heavy atom. The zero-order valence-electron chi connectivity index (χ0n) is 10.2. The van der Waals surface area contributed by atoms with E-state index >= 15 is 0 Å². The lowest BCUT2D eigenvalue weighted by Crippen LogP contribution is -2.35. The molecule has 0 aromatic carbocycles. The molecule has 2 nitrogen and oxygen atoms in total. The summed E-state index contributed by atoms with van der Waals surface area (Å²) in [6.45, 7) is 0. The van der Waals surface area contributed by atoms with Crippen LogP contribution in [0.1, 0.15) is 43.0 Å². The van der Waals surface area contributed by atoms with Gasteiger partial charge in [-0.2, -0.15) is 0 Å². The van der Waals surface area contributed by atoms with Gasteiger partial charge in [0, 0.05) is 16.5 Å². The highest BCUT2D eigenvalue weighted by atomic mass is 79.9. The first kappa shape index (κ1) is 13.5. The second kappa shape index (κ2) is 6.32. The molecule has 2 N–H and O–H groups in total. The van der Waals surface area contributed by atoms with Crippen LogP contribution in [0.3, 0.4) is 0 Å². The van der Waals surface area contributed by atoms with Crippen molar-refractivity contribution in [3.63, 3.8) is 0 Å². The number of nitrogens with two attached hydrogens (primary N) is 1. The lowest BCUT2D eigenvalue weighted by Gasteiger charge is -2.32. The molecule has 2 atom stereocenters. The summed E-state index contributed by atoms with van der Waals surface area (Å²) in [5, 5.41) is 2.08. The SMILES string of the molecule is COC(C1CCCCC1)C(N)c1sccc1Br. The number of hydrogen-bond donors (Lipinski definition) is 1. The molecule has 1 aromatic heterocycles. The minimum atomic E-state index is -0.00234. The monoisotopic (exact) mass is 317 g/mol. The maximum atomic E-state index is 6.38. The summed E-state index contributed by atoms with van der Waals surface area (Å²) in [6.07, 6.45) is 6.69. The van der Waals surface area contributed by atoms with Crippen LogP contribution in [0.4, 0.5) is 0 Å². The summed E-state index contributed by atoms with van der Waals surface area (Å²) in [4.78, 5) is 1.21. The Morgan fingerprint density at radius 2 is 2.12 bits per heavy atom. The Morgan fingerprint density at radius 1 is 1.41 bits per heavy atom. The number of methoxy groups -OCH3 is 1. The molecule has 2 rings (SSSR count). The van der Waals surface area contributed by atoms with Gasteiger partial charge in [-0.25, -0.2) is 0 Å². The molecule has 1 aliphatic carbocycles. The molecule has 4 heteroatoms. The highest BCUT2D eigenvalue weighted by molar-refractivity contribution is 9.10. The zero-order chi connectivity index (χ0) is 12.3. The Labute approximate surface area is 116 Å². The summed E-state index contributed by atoms with van der Waals surface area (Å²) in [5.74, 6) is 0.623. The molecule has 1 fully saturated rings.